The first-order valence-corrected chi connectivity index (χ1v) is 5.93. The summed E-state index contributed by atoms with van der Waals surface area (Å²) in [6.45, 7) is 0. The van der Waals surface area contributed by atoms with Gasteiger partial charge in [0.05, 0.1) is 28.3 Å². The maximum Gasteiger partial charge on any atom is 0.338 e. The summed E-state index contributed by atoms with van der Waals surface area (Å²) in [5.74, 6) is -0.235. The van der Waals surface area contributed by atoms with E-state index in [1.807, 2.05) is 0 Å². The van der Waals surface area contributed by atoms with Crippen molar-refractivity contribution in [1.82, 2.24) is 0 Å². The number of carbonyl (C=O) groups excluding carboxylic acids is 1. The summed E-state index contributed by atoms with van der Waals surface area (Å²) in [7, 11) is 1.21. The van der Waals surface area contributed by atoms with Crippen LogP contribution in [-0.2, 0) is 4.74 Å². The smallest absolute Gasteiger partial charge is 0.338 e. The molecular formula is C12H8BrNO5. The highest BCUT2D eigenvalue weighted by Gasteiger charge is 2.18. The Morgan fingerprint density at radius 2 is 2.16 bits per heavy atom. The predicted octanol–water partition coefficient (Wildman–Crippen LogP) is 3.40. The standard InChI is InChI=1S/C12H8BrNO5/c1-18-12(15)8-4-7(5-9(6-8)14(16)17)11-10(13)2-3-19-11/h2-6H,1H3. The normalized spacial score (nSPS) is 10.2. The molecule has 0 saturated carbocycles. The fraction of sp³-hybridized carbons (Fsp3) is 0.0833. The number of nitro benzene ring substituents is 1. The molecule has 98 valence electrons. The number of furan rings is 1. The summed E-state index contributed by atoms with van der Waals surface area (Å²) >= 11 is 3.26. The summed E-state index contributed by atoms with van der Waals surface area (Å²) in [6.07, 6.45) is 1.44. The first kappa shape index (κ1) is 13.3. The van der Waals surface area contributed by atoms with Crippen molar-refractivity contribution in [1.29, 1.82) is 0 Å². The lowest BCUT2D eigenvalue weighted by Crippen LogP contribution is -2.02. The van der Waals surface area contributed by atoms with E-state index in [4.69, 9.17) is 4.42 Å². The van der Waals surface area contributed by atoms with Gasteiger partial charge in [-0.1, -0.05) is 0 Å². The second kappa shape index (κ2) is 5.23. The molecular weight excluding hydrogens is 318 g/mol. The molecule has 1 aromatic carbocycles. The van der Waals surface area contributed by atoms with Crippen LogP contribution in [0.3, 0.4) is 0 Å². The van der Waals surface area contributed by atoms with Gasteiger partial charge in [-0.25, -0.2) is 4.79 Å². The summed E-state index contributed by atoms with van der Waals surface area (Å²) in [4.78, 5) is 21.8. The molecule has 6 nitrogen and oxygen atoms in total. The van der Waals surface area contributed by atoms with Gasteiger partial charge in [0.1, 0.15) is 5.76 Å². The molecule has 19 heavy (non-hydrogen) atoms. The van der Waals surface area contributed by atoms with Crippen LogP contribution in [0.15, 0.2) is 39.4 Å². The Bertz CT molecular complexity index is 649. The van der Waals surface area contributed by atoms with Gasteiger partial charge in [0.25, 0.3) is 5.69 Å². The number of methoxy groups -OCH3 is 1. The van der Waals surface area contributed by atoms with Gasteiger partial charge in [0, 0.05) is 17.7 Å². The van der Waals surface area contributed by atoms with E-state index in [1.165, 1.54) is 25.5 Å². The van der Waals surface area contributed by atoms with Crippen LogP contribution in [0.2, 0.25) is 0 Å². The molecule has 2 aromatic rings. The van der Waals surface area contributed by atoms with Gasteiger partial charge in [0.15, 0.2) is 0 Å². The molecule has 0 unspecified atom stereocenters. The van der Waals surface area contributed by atoms with Gasteiger partial charge in [-0.15, -0.1) is 0 Å². The Kier molecular flexibility index (Phi) is 3.66. The highest BCUT2D eigenvalue weighted by molar-refractivity contribution is 9.10. The molecule has 0 aliphatic rings. The molecule has 0 spiro atoms. The maximum atomic E-state index is 11.5. The van der Waals surface area contributed by atoms with Gasteiger partial charge in [0.2, 0.25) is 0 Å². The number of ether oxygens (including phenoxy) is 1. The second-order valence-corrected chi connectivity index (χ2v) is 4.47. The van der Waals surface area contributed by atoms with E-state index in [1.54, 1.807) is 6.07 Å². The zero-order valence-electron chi connectivity index (χ0n) is 9.75. The van der Waals surface area contributed by atoms with Gasteiger partial charge >= 0.3 is 5.97 Å². The third-order valence-corrected chi connectivity index (χ3v) is 3.05. The van der Waals surface area contributed by atoms with Gasteiger partial charge < -0.3 is 9.15 Å². The van der Waals surface area contributed by atoms with Crippen LogP contribution >= 0.6 is 15.9 Å². The molecule has 0 amide bonds. The van der Waals surface area contributed by atoms with Crippen molar-refractivity contribution in [3.8, 4) is 11.3 Å². The van der Waals surface area contributed by atoms with Crippen molar-refractivity contribution < 1.29 is 18.9 Å². The van der Waals surface area contributed by atoms with E-state index in [2.05, 4.69) is 20.7 Å². The second-order valence-electron chi connectivity index (χ2n) is 3.61. The predicted molar refractivity (Wildman–Crippen MR) is 69.8 cm³/mol. The molecule has 7 heteroatoms. The topological polar surface area (TPSA) is 82.6 Å². The van der Waals surface area contributed by atoms with Crippen LogP contribution in [0.25, 0.3) is 11.3 Å². The Morgan fingerprint density at radius 3 is 2.68 bits per heavy atom. The van der Waals surface area contributed by atoms with Crippen LogP contribution in [-0.4, -0.2) is 18.0 Å². The molecule has 2 rings (SSSR count). The number of carbonyl (C=O) groups is 1. The number of nitro groups is 1. The fourth-order valence-corrected chi connectivity index (χ4v) is 2.01. The van der Waals surface area contributed by atoms with Crippen molar-refractivity contribution in [2.45, 2.75) is 0 Å². The van der Waals surface area contributed by atoms with Crippen molar-refractivity contribution >= 4 is 27.6 Å². The molecule has 1 aromatic heterocycles. The summed E-state index contributed by atoms with van der Waals surface area (Å²) in [5, 5.41) is 10.9. The molecule has 0 N–H and O–H groups in total. The Balaban J connectivity index is 2.61. The van der Waals surface area contributed by atoms with Crippen LogP contribution in [0.4, 0.5) is 5.69 Å². The third-order valence-electron chi connectivity index (χ3n) is 2.43. The monoisotopic (exact) mass is 325 g/mol. The van der Waals surface area contributed by atoms with Crippen molar-refractivity contribution in [2.75, 3.05) is 7.11 Å². The minimum Gasteiger partial charge on any atom is -0.465 e. The largest absolute Gasteiger partial charge is 0.465 e. The zero-order chi connectivity index (χ0) is 14.0. The lowest BCUT2D eigenvalue weighted by atomic mass is 10.1. The number of halogens is 1. The zero-order valence-corrected chi connectivity index (χ0v) is 11.3. The molecule has 0 aliphatic carbocycles. The number of hydrogen-bond donors (Lipinski definition) is 0. The average Bonchev–Trinajstić information content (AvgIpc) is 2.83. The molecule has 0 fully saturated rings. The minimum atomic E-state index is -0.646. The molecule has 0 radical (unpaired) electrons. The Hall–Kier alpha value is -2.15. The van der Waals surface area contributed by atoms with Crippen LogP contribution in [0.1, 0.15) is 10.4 Å². The van der Waals surface area contributed by atoms with Crippen LogP contribution in [0.5, 0.6) is 0 Å². The molecule has 0 bridgehead atoms. The lowest BCUT2D eigenvalue weighted by Gasteiger charge is -2.03. The summed E-state index contributed by atoms with van der Waals surface area (Å²) < 4.78 is 10.4. The quantitative estimate of drug-likeness (QED) is 0.490. The number of nitrogens with zero attached hydrogens (tertiary/aromatic N) is 1. The van der Waals surface area contributed by atoms with Gasteiger partial charge in [-0.05, 0) is 28.1 Å². The van der Waals surface area contributed by atoms with Crippen molar-refractivity contribution in [3.05, 3.63) is 50.7 Å². The van der Waals surface area contributed by atoms with E-state index >= 15 is 0 Å². The fourth-order valence-electron chi connectivity index (χ4n) is 1.58. The number of benzene rings is 1. The summed E-state index contributed by atoms with van der Waals surface area (Å²) in [5.41, 5.74) is 0.308. The molecule has 1 heterocycles. The van der Waals surface area contributed by atoms with E-state index in [0.717, 1.165) is 6.07 Å². The first-order chi connectivity index (χ1) is 9.02. The van der Waals surface area contributed by atoms with Crippen LogP contribution in [0, 0.1) is 10.1 Å². The highest BCUT2D eigenvalue weighted by atomic mass is 79.9. The van der Waals surface area contributed by atoms with E-state index < -0.39 is 10.9 Å². The molecule has 0 saturated heterocycles. The van der Waals surface area contributed by atoms with E-state index in [9.17, 15) is 14.9 Å². The Morgan fingerprint density at radius 1 is 1.42 bits per heavy atom. The van der Waals surface area contributed by atoms with Gasteiger partial charge in [-0.3, -0.25) is 10.1 Å². The van der Waals surface area contributed by atoms with E-state index in [-0.39, 0.29) is 11.3 Å². The van der Waals surface area contributed by atoms with E-state index in [0.29, 0.717) is 15.8 Å². The minimum absolute atomic E-state index is 0.0926. The first-order valence-electron chi connectivity index (χ1n) is 5.14. The molecule has 0 aliphatic heterocycles. The number of hydrogen-bond acceptors (Lipinski definition) is 5. The number of non-ortho nitro benzene ring substituents is 1. The van der Waals surface area contributed by atoms with Gasteiger partial charge in [-0.2, -0.15) is 0 Å². The van der Waals surface area contributed by atoms with Crippen molar-refractivity contribution in [3.63, 3.8) is 0 Å². The number of rotatable bonds is 3. The van der Waals surface area contributed by atoms with Crippen LogP contribution < -0.4 is 0 Å². The number of esters is 1. The lowest BCUT2D eigenvalue weighted by molar-refractivity contribution is -0.384. The average molecular weight is 326 g/mol. The summed E-state index contributed by atoms with van der Waals surface area (Å²) in [6, 6.07) is 5.62. The Labute approximate surface area is 116 Å². The van der Waals surface area contributed by atoms with Crippen molar-refractivity contribution in [2.24, 2.45) is 0 Å². The highest BCUT2D eigenvalue weighted by Crippen LogP contribution is 2.32. The maximum absolute atomic E-state index is 11.5. The SMILES string of the molecule is COC(=O)c1cc(-c2occc2Br)cc([N+](=O)[O-])c1. The third kappa shape index (κ3) is 2.65. The molecule has 0 atom stereocenters.